The van der Waals surface area contributed by atoms with Crippen LogP contribution in [-0.4, -0.2) is 18.4 Å². The summed E-state index contributed by atoms with van der Waals surface area (Å²) in [5, 5.41) is 4.95. The van der Waals surface area contributed by atoms with Gasteiger partial charge in [-0.05, 0) is 37.6 Å². The van der Waals surface area contributed by atoms with Gasteiger partial charge in [0, 0.05) is 16.7 Å². The number of benzene rings is 1. The summed E-state index contributed by atoms with van der Waals surface area (Å²) in [6, 6.07) is 5.35. The lowest BCUT2D eigenvalue weighted by molar-refractivity contribution is -0.136. The van der Waals surface area contributed by atoms with Crippen LogP contribution in [0.4, 0.5) is 5.69 Å². The van der Waals surface area contributed by atoms with Crippen LogP contribution in [0.1, 0.15) is 12.5 Å². The van der Waals surface area contributed by atoms with Crippen molar-refractivity contribution in [3.63, 3.8) is 0 Å². The molecule has 0 radical (unpaired) electrons. The Morgan fingerprint density at radius 3 is 2.56 bits per heavy atom. The van der Waals surface area contributed by atoms with Crippen molar-refractivity contribution in [1.29, 1.82) is 0 Å². The monoisotopic (exact) mass is 284 g/mol. The lowest BCUT2D eigenvalue weighted by Crippen LogP contribution is -2.35. The molecule has 0 unspecified atom stereocenters. The second-order valence-electron chi connectivity index (χ2n) is 3.28. The summed E-state index contributed by atoms with van der Waals surface area (Å²) in [7, 11) is 0. The number of aryl methyl sites for hydroxylation is 1. The van der Waals surface area contributed by atoms with Crippen molar-refractivity contribution in [2.75, 3.05) is 11.9 Å². The molecule has 2 N–H and O–H groups in total. The molecule has 0 aliphatic rings. The van der Waals surface area contributed by atoms with Gasteiger partial charge in [0.2, 0.25) is 0 Å². The third-order valence-electron chi connectivity index (χ3n) is 1.96. The Hall–Kier alpha value is -1.36. The summed E-state index contributed by atoms with van der Waals surface area (Å²) in [5.41, 5.74) is 1.60. The molecule has 0 aliphatic heterocycles. The summed E-state index contributed by atoms with van der Waals surface area (Å²) >= 11 is 3.36. The molecule has 86 valence electrons. The van der Waals surface area contributed by atoms with Gasteiger partial charge in [-0.15, -0.1) is 0 Å². The molecule has 16 heavy (non-hydrogen) atoms. The molecule has 1 rings (SSSR count). The van der Waals surface area contributed by atoms with E-state index in [9.17, 15) is 9.59 Å². The molecule has 2 amide bonds. The summed E-state index contributed by atoms with van der Waals surface area (Å²) in [4.78, 5) is 22.5. The Kier molecular flexibility index (Phi) is 4.49. The van der Waals surface area contributed by atoms with E-state index in [0.29, 0.717) is 12.2 Å². The number of anilines is 1. The predicted octanol–water partition coefficient (Wildman–Crippen LogP) is 1.83. The Labute approximate surface area is 103 Å². The number of carbonyl (C=O) groups excluding carboxylic acids is 2. The van der Waals surface area contributed by atoms with Gasteiger partial charge in [0.05, 0.1) is 0 Å². The zero-order chi connectivity index (χ0) is 12.1. The summed E-state index contributed by atoms with van der Waals surface area (Å²) in [6.45, 7) is 4.10. The number of rotatable bonds is 2. The molecule has 0 saturated carbocycles. The second kappa shape index (κ2) is 5.65. The number of likely N-dealkylation sites (N-methyl/N-ethyl adjacent to an activating group) is 1. The summed E-state index contributed by atoms with van der Waals surface area (Å²) < 4.78 is 0.962. The first kappa shape index (κ1) is 12.7. The predicted molar refractivity (Wildman–Crippen MR) is 66.2 cm³/mol. The van der Waals surface area contributed by atoms with Gasteiger partial charge in [-0.25, -0.2) is 0 Å². The van der Waals surface area contributed by atoms with Crippen LogP contribution in [0.15, 0.2) is 22.7 Å². The van der Waals surface area contributed by atoms with Crippen LogP contribution >= 0.6 is 15.9 Å². The van der Waals surface area contributed by atoms with Crippen LogP contribution in [0, 0.1) is 6.92 Å². The molecule has 1 aromatic rings. The highest BCUT2D eigenvalue weighted by Crippen LogP contribution is 2.19. The number of halogens is 1. The molecular weight excluding hydrogens is 272 g/mol. The Balaban J connectivity index is 2.70. The molecule has 0 aromatic heterocycles. The molecule has 1 aromatic carbocycles. The Bertz CT molecular complexity index is 418. The van der Waals surface area contributed by atoms with Gasteiger partial charge in [0.15, 0.2) is 0 Å². The van der Waals surface area contributed by atoms with Crippen molar-refractivity contribution in [2.45, 2.75) is 13.8 Å². The van der Waals surface area contributed by atoms with E-state index in [1.807, 2.05) is 13.0 Å². The number of carbonyl (C=O) groups is 2. The minimum Gasteiger partial charge on any atom is -0.348 e. The van der Waals surface area contributed by atoms with Gasteiger partial charge in [-0.2, -0.15) is 0 Å². The second-order valence-corrected chi connectivity index (χ2v) is 4.13. The minimum atomic E-state index is -0.649. The van der Waals surface area contributed by atoms with E-state index >= 15 is 0 Å². The van der Waals surface area contributed by atoms with Gasteiger partial charge in [-0.3, -0.25) is 9.59 Å². The van der Waals surface area contributed by atoms with Crippen molar-refractivity contribution in [2.24, 2.45) is 0 Å². The third kappa shape index (κ3) is 3.34. The minimum absolute atomic E-state index is 0.436. The smallest absolute Gasteiger partial charge is 0.313 e. The highest BCUT2D eigenvalue weighted by Gasteiger charge is 2.12. The van der Waals surface area contributed by atoms with E-state index in [-0.39, 0.29) is 0 Å². The van der Waals surface area contributed by atoms with Crippen LogP contribution in [-0.2, 0) is 9.59 Å². The van der Waals surface area contributed by atoms with Gasteiger partial charge >= 0.3 is 11.8 Å². The fraction of sp³-hybridized carbons (Fsp3) is 0.273. The first-order valence-corrected chi connectivity index (χ1v) is 5.69. The summed E-state index contributed by atoms with van der Waals surface area (Å²) in [6.07, 6.45) is 0. The standard InChI is InChI=1S/C11H13BrN2O2/c1-3-13-10(15)11(16)14-8-4-5-9(12)7(2)6-8/h4-6H,3H2,1-2H3,(H,13,15)(H,14,16). The van der Waals surface area contributed by atoms with E-state index in [2.05, 4.69) is 26.6 Å². The highest BCUT2D eigenvalue weighted by molar-refractivity contribution is 9.10. The van der Waals surface area contributed by atoms with Crippen molar-refractivity contribution in [3.05, 3.63) is 28.2 Å². The Morgan fingerprint density at radius 1 is 1.31 bits per heavy atom. The van der Waals surface area contributed by atoms with Gasteiger partial charge in [0.25, 0.3) is 0 Å². The number of hydrogen-bond donors (Lipinski definition) is 2. The van der Waals surface area contributed by atoms with Crippen LogP contribution in [0.25, 0.3) is 0 Å². The number of amides is 2. The maximum absolute atomic E-state index is 11.4. The average molecular weight is 285 g/mol. The topological polar surface area (TPSA) is 58.2 Å². The summed E-state index contributed by atoms with van der Waals surface area (Å²) in [5.74, 6) is -1.27. The van der Waals surface area contributed by atoms with Crippen molar-refractivity contribution >= 4 is 33.4 Å². The molecule has 0 bridgehead atoms. The van der Waals surface area contributed by atoms with E-state index in [1.165, 1.54) is 0 Å². The zero-order valence-corrected chi connectivity index (χ0v) is 10.7. The van der Waals surface area contributed by atoms with Crippen LogP contribution in [0.5, 0.6) is 0 Å². The lowest BCUT2D eigenvalue weighted by atomic mass is 10.2. The van der Waals surface area contributed by atoms with E-state index < -0.39 is 11.8 Å². The fourth-order valence-corrected chi connectivity index (χ4v) is 1.40. The van der Waals surface area contributed by atoms with Gasteiger partial charge < -0.3 is 10.6 Å². The maximum atomic E-state index is 11.4. The highest BCUT2D eigenvalue weighted by atomic mass is 79.9. The quantitative estimate of drug-likeness (QED) is 0.814. The van der Waals surface area contributed by atoms with E-state index in [1.54, 1.807) is 19.1 Å². The van der Waals surface area contributed by atoms with E-state index in [0.717, 1.165) is 10.0 Å². The zero-order valence-electron chi connectivity index (χ0n) is 9.13. The van der Waals surface area contributed by atoms with Crippen LogP contribution < -0.4 is 10.6 Å². The number of nitrogens with one attached hydrogen (secondary N) is 2. The number of hydrogen-bond acceptors (Lipinski definition) is 2. The maximum Gasteiger partial charge on any atom is 0.313 e. The molecule has 5 heteroatoms. The molecule has 0 spiro atoms. The molecule has 0 atom stereocenters. The van der Waals surface area contributed by atoms with Gasteiger partial charge in [0.1, 0.15) is 0 Å². The molecule has 0 fully saturated rings. The SMILES string of the molecule is CCNC(=O)C(=O)Nc1ccc(Br)c(C)c1. The van der Waals surface area contributed by atoms with Crippen LogP contribution in [0.3, 0.4) is 0 Å². The largest absolute Gasteiger partial charge is 0.348 e. The first-order valence-electron chi connectivity index (χ1n) is 4.90. The third-order valence-corrected chi connectivity index (χ3v) is 2.85. The van der Waals surface area contributed by atoms with Crippen molar-refractivity contribution < 1.29 is 9.59 Å². The molecule has 0 heterocycles. The molecule has 0 aliphatic carbocycles. The van der Waals surface area contributed by atoms with Crippen molar-refractivity contribution in [1.82, 2.24) is 5.32 Å². The molecular formula is C11H13BrN2O2. The van der Waals surface area contributed by atoms with Crippen LogP contribution in [0.2, 0.25) is 0 Å². The normalized spacial score (nSPS) is 9.69. The van der Waals surface area contributed by atoms with Crippen molar-refractivity contribution in [3.8, 4) is 0 Å². The lowest BCUT2D eigenvalue weighted by Gasteiger charge is -2.06. The molecule has 0 saturated heterocycles. The average Bonchev–Trinajstić information content (AvgIpc) is 2.24. The Morgan fingerprint density at radius 2 is 2.00 bits per heavy atom. The first-order chi connectivity index (χ1) is 7.54. The fourth-order valence-electron chi connectivity index (χ4n) is 1.15. The molecule has 4 nitrogen and oxygen atoms in total. The van der Waals surface area contributed by atoms with Gasteiger partial charge in [-0.1, -0.05) is 15.9 Å². The van der Waals surface area contributed by atoms with E-state index in [4.69, 9.17) is 0 Å².